The second-order valence-corrected chi connectivity index (χ2v) is 9.83. The Bertz CT molecular complexity index is 1240. The van der Waals surface area contributed by atoms with Gasteiger partial charge in [0.1, 0.15) is 23.7 Å². The molecule has 9 heteroatoms. The molecule has 38 heavy (non-hydrogen) atoms. The van der Waals surface area contributed by atoms with Gasteiger partial charge in [-0.15, -0.1) is 0 Å². The minimum Gasteiger partial charge on any atom is -0.484 e. The summed E-state index contributed by atoms with van der Waals surface area (Å²) < 4.78 is 11.4. The second-order valence-electron chi connectivity index (χ2n) is 9.83. The molecule has 4 rings (SSSR count). The number of pyridine rings is 1. The summed E-state index contributed by atoms with van der Waals surface area (Å²) in [5.41, 5.74) is 2.87. The number of anilines is 2. The van der Waals surface area contributed by atoms with E-state index in [2.05, 4.69) is 22.9 Å². The third-order valence-corrected chi connectivity index (χ3v) is 6.96. The van der Waals surface area contributed by atoms with Gasteiger partial charge in [0.2, 0.25) is 11.8 Å². The fraction of sp³-hybridized carbons (Fsp3) is 0.448. The molecule has 1 N–H and O–H groups in total. The van der Waals surface area contributed by atoms with Gasteiger partial charge >= 0.3 is 0 Å². The Balaban J connectivity index is 1.54. The van der Waals surface area contributed by atoms with E-state index in [0.29, 0.717) is 61.4 Å². The molecule has 1 aromatic heterocycles. The summed E-state index contributed by atoms with van der Waals surface area (Å²) in [4.78, 5) is 33.2. The van der Waals surface area contributed by atoms with E-state index in [9.17, 15) is 14.9 Å². The number of carbonyl (C=O) groups is 2. The lowest BCUT2D eigenvalue weighted by Crippen LogP contribution is -2.54. The number of hydrogen-bond donors (Lipinski definition) is 1. The first kappa shape index (κ1) is 27.1. The molecule has 1 aliphatic carbocycles. The van der Waals surface area contributed by atoms with Crippen LogP contribution in [0.25, 0.3) is 0 Å². The highest BCUT2D eigenvalue weighted by molar-refractivity contribution is 5.98. The van der Waals surface area contributed by atoms with Crippen LogP contribution in [0.15, 0.2) is 43.0 Å². The van der Waals surface area contributed by atoms with Crippen molar-refractivity contribution in [2.75, 3.05) is 43.6 Å². The van der Waals surface area contributed by atoms with E-state index in [-0.39, 0.29) is 24.0 Å². The Morgan fingerprint density at radius 3 is 2.76 bits per heavy atom. The van der Waals surface area contributed by atoms with Crippen LogP contribution in [-0.4, -0.2) is 61.1 Å². The monoisotopic (exact) mass is 517 g/mol. The smallest absolute Gasteiger partial charge is 0.247 e. The predicted octanol–water partition coefficient (Wildman–Crippen LogP) is 4.17. The Kier molecular flexibility index (Phi) is 8.64. The standard InChI is InChI=1S/C29H35N5O4/c1-5-26(35)31-24-8-6-7-22(15-24)20(3)38-25-16-23(17-30)29(32-28(25)21-9-10-21)33-12-13-34(19(2)18-33)27(36)11-14-37-4/h5-8,15-16,19-21H,1,9-14,18H2,2-4H3,(H,31,35)/t19-,20?/m1/s1. The lowest BCUT2D eigenvalue weighted by Gasteiger charge is -2.41. The highest BCUT2D eigenvalue weighted by Crippen LogP contribution is 2.45. The van der Waals surface area contributed by atoms with E-state index >= 15 is 0 Å². The number of ether oxygens (including phenoxy) is 2. The highest BCUT2D eigenvalue weighted by Gasteiger charge is 2.33. The van der Waals surface area contributed by atoms with E-state index in [1.54, 1.807) is 13.2 Å². The van der Waals surface area contributed by atoms with Crippen molar-refractivity contribution in [2.45, 2.75) is 51.2 Å². The summed E-state index contributed by atoms with van der Waals surface area (Å²) in [6.07, 6.45) is 3.33. The quantitative estimate of drug-likeness (QED) is 0.471. The number of carbonyl (C=O) groups excluding carboxylic acids is 2. The van der Waals surface area contributed by atoms with Crippen molar-refractivity contribution in [1.29, 1.82) is 5.26 Å². The molecular weight excluding hydrogens is 482 g/mol. The number of hydrogen-bond acceptors (Lipinski definition) is 7. The van der Waals surface area contributed by atoms with Crippen LogP contribution in [0.5, 0.6) is 5.75 Å². The van der Waals surface area contributed by atoms with E-state index in [1.807, 2.05) is 43.0 Å². The molecule has 1 saturated heterocycles. The SMILES string of the molecule is C=CC(=O)Nc1cccc(C(C)Oc2cc(C#N)c(N3CCN(C(=O)CCOC)[C@H](C)C3)nc2C2CC2)c1. The van der Waals surface area contributed by atoms with Crippen LogP contribution in [0.2, 0.25) is 0 Å². The highest BCUT2D eigenvalue weighted by atomic mass is 16.5. The maximum Gasteiger partial charge on any atom is 0.247 e. The Hall–Kier alpha value is -3.90. The van der Waals surface area contributed by atoms with E-state index in [0.717, 1.165) is 24.1 Å². The first-order valence-corrected chi connectivity index (χ1v) is 13.0. The summed E-state index contributed by atoms with van der Waals surface area (Å²) >= 11 is 0. The van der Waals surface area contributed by atoms with Crippen molar-refractivity contribution in [3.05, 3.63) is 59.8 Å². The minimum absolute atomic E-state index is 0.00405. The van der Waals surface area contributed by atoms with E-state index in [4.69, 9.17) is 14.5 Å². The van der Waals surface area contributed by atoms with Crippen LogP contribution in [0.3, 0.4) is 0 Å². The average Bonchev–Trinajstić information content (AvgIpc) is 3.77. The number of methoxy groups -OCH3 is 1. The van der Waals surface area contributed by atoms with Crippen molar-refractivity contribution in [2.24, 2.45) is 0 Å². The zero-order valence-corrected chi connectivity index (χ0v) is 22.3. The molecular formula is C29H35N5O4. The topological polar surface area (TPSA) is 108 Å². The largest absolute Gasteiger partial charge is 0.484 e. The summed E-state index contributed by atoms with van der Waals surface area (Å²) in [7, 11) is 1.59. The molecule has 0 radical (unpaired) electrons. The summed E-state index contributed by atoms with van der Waals surface area (Å²) in [5, 5.41) is 12.8. The summed E-state index contributed by atoms with van der Waals surface area (Å²) in [6.45, 7) is 9.64. The number of nitrogens with one attached hydrogen (secondary N) is 1. The van der Waals surface area contributed by atoms with Gasteiger partial charge in [0.15, 0.2) is 0 Å². The number of rotatable bonds is 10. The first-order valence-electron chi connectivity index (χ1n) is 13.0. The third-order valence-electron chi connectivity index (χ3n) is 6.96. The fourth-order valence-electron chi connectivity index (χ4n) is 4.74. The van der Waals surface area contributed by atoms with Crippen LogP contribution in [-0.2, 0) is 14.3 Å². The molecule has 1 aromatic carbocycles. The molecule has 1 saturated carbocycles. The number of nitrogens with zero attached hydrogens (tertiary/aromatic N) is 4. The van der Waals surface area contributed by atoms with Gasteiger partial charge in [-0.3, -0.25) is 9.59 Å². The van der Waals surface area contributed by atoms with Crippen molar-refractivity contribution in [1.82, 2.24) is 9.88 Å². The Morgan fingerprint density at radius 1 is 1.32 bits per heavy atom. The maximum atomic E-state index is 12.6. The Labute approximate surface area is 224 Å². The predicted molar refractivity (Wildman–Crippen MR) is 145 cm³/mol. The van der Waals surface area contributed by atoms with Gasteiger partial charge in [-0.2, -0.15) is 5.26 Å². The van der Waals surface area contributed by atoms with Crippen molar-refractivity contribution in [3.63, 3.8) is 0 Å². The number of amides is 2. The summed E-state index contributed by atoms with van der Waals surface area (Å²) in [5.74, 6) is 1.37. The van der Waals surface area contributed by atoms with Gasteiger partial charge in [-0.1, -0.05) is 18.7 Å². The molecule has 2 heterocycles. The third kappa shape index (κ3) is 6.32. The molecule has 2 atom stereocenters. The molecule has 1 aliphatic heterocycles. The Morgan fingerprint density at radius 2 is 2.11 bits per heavy atom. The van der Waals surface area contributed by atoms with Gasteiger partial charge in [0.25, 0.3) is 0 Å². The van der Waals surface area contributed by atoms with Crippen LogP contribution < -0.4 is 15.0 Å². The van der Waals surface area contributed by atoms with Crippen LogP contribution >= 0.6 is 0 Å². The number of piperazine rings is 1. The lowest BCUT2D eigenvalue weighted by atomic mass is 10.1. The van der Waals surface area contributed by atoms with Gasteiger partial charge in [0.05, 0.1) is 24.3 Å². The van der Waals surface area contributed by atoms with Crippen LogP contribution in [0.4, 0.5) is 11.5 Å². The van der Waals surface area contributed by atoms with Gasteiger partial charge in [0, 0.05) is 50.5 Å². The normalized spacial score (nSPS) is 17.9. The second kappa shape index (κ2) is 12.1. The molecule has 200 valence electrons. The van der Waals surface area contributed by atoms with Crippen LogP contribution in [0.1, 0.15) is 62.0 Å². The molecule has 9 nitrogen and oxygen atoms in total. The van der Waals surface area contributed by atoms with E-state index < -0.39 is 0 Å². The fourth-order valence-corrected chi connectivity index (χ4v) is 4.74. The molecule has 1 unspecified atom stereocenters. The first-order chi connectivity index (χ1) is 18.3. The van der Waals surface area contributed by atoms with Gasteiger partial charge in [-0.25, -0.2) is 4.98 Å². The number of aromatic nitrogens is 1. The van der Waals surface area contributed by atoms with Gasteiger partial charge in [-0.05, 0) is 50.5 Å². The molecule has 2 aromatic rings. The molecule has 2 aliphatic rings. The minimum atomic E-state index is -0.325. The number of benzene rings is 1. The summed E-state index contributed by atoms with van der Waals surface area (Å²) in [6, 6.07) is 11.6. The average molecular weight is 518 g/mol. The number of nitriles is 1. The molecule has 2 amide bonds. The van der Waals surface area contributed by atoms with Gasteiger partial charge < -0.3 is 24.6 Å². The molecule has 0 bridgehead atoms. The molecule has 2 fully saturated rings. The van der Waals surface area contributed by atoms with Crippen molar-refractivity contribution in [3.8, 4) is 11.8 Å². The zero-order valence-electron chi connectivity index (χ0n) is 22.3. The van der Waals surface area contributed by atoms with Crippen molar-refractivity contribution < 1.29 is 19.1 Å². The lowest BCUT2D eigenvalue weighted by molar-refractivity contribution is -0.134. The van der Waals surface area contributed by atoms with Crippen molar-refractivity contribution >= 4 is 23.3 Å². The maximum absolute atomic E-state index is 12.6. The van der Waals surface area contributed by atoms with E-state index in [1.165, 1.54) is 6.08 Å². The zero-order chi connectivity index (χ0) is 27.2. The molecule has 0 spiro atoms. The van der Waals surface area contributed by atoms with Crippen LogP contribution in [0, 0.1) is 11.3 Å².